The molecular formula is C15H18ClNOS. The number of benzene rings is 1. The second-order valence-electron chi connectivity index (χ2n) is 5.29. The van der Waals surface area contributed by atoms with Crippen LogP contribution in [0.1, 0.15) is 24.3 Å². The Labute approximate surface area is 123 Å². The summed E-state index contributed by atoms with van der Waals surface area (Å²) in [6.07, 6.45) is 2.12. The summed E-state index contributed by atoms with van der Waals surface area (Å²) in [6, 6.07) is 7.94. The van der Waals surface area contributed by atoms with Gasteiger partial charge < -0.3 is 4.90 Å². The van der Waals surface area contributed by atoms with Gasteiger partial charge in [0.05, 0.1) is 0 Å². The first-order valence-electron chi connectivity index (χ1n) is 6.88. The molecular weight excluding hydrogens is 278 g/mol. The van der Waals surface area contributed by atoms with Crippen LogP contribution in [0.4, 0.5) is 0 Å². The number of nitrogens with zero attached hydrogens (tertiary/aromatic N) is 1. The number of amides is 1. The predicted octanol–water partition coefficient (Wildman–Crippen LogP) is 3.41. The Morgan fingerprint density at radius 2 is 2.21 bits per heavy atom. The molecule has 0 unspecified atom stereocenters. The van der Waals surface area contributed by atoms with Crippen molar-refractivity contribution in [2.75, 3.05) is 24.6 Å². The quantitative estimate of drug-likeness (QED) is 0.833. The largest absolute Gasteiger partial charge is 0.342 e. The van der Waals surface area contributed by atoms with Crippen molar-refractivity contribution in [3.05, 3.63) is 34.9 Å². The predicted molar refractivity (Wildman–Crippen MR) is 80.8 cm³/mol. The third-order valence-electron chi connectivity index (χ3n) is 3.92. The lowest BCUT2D eigenvalue weighted by Gasteiger charge is -2.20. The van der Waals surface area contributed by atoms with E-state index in [2.05, 4.69) is 11.0 Å². The number of hydrogen-bond acceptors (Lipinski definition) is 2. The van der Waals surface area contributed by atoms with E-state index in [1.807, 2.05) is 30.0 Å². The molecule has 0 bridgehead atoms. The first-order valence-corrected chi connectivity index (χ1v) is 8.41. The second kappa shape index (κ2) is 5.76. The van der Waals surface area contributed by atoms with Crippen LogP contribution in [-0.2, 0) is 4.79 Å². The summed E-state index contributed by atoms with van der Waals surface area (Å²) in [7, 11) is 0. The van der Waals surface area contributed by atoms with Crippen LogP contribution in [-0.4, -0.2) is 35.4 Å². The summed E-state index contributed by atoms with van der Waals surface area (Å²) in [6.45, 7) is 1.85. The zero-order chi connectivity index (χ0) is 13.2. The number of hydrogen-bond donors (Lipinski definition) is 0. The van der Waals surface area contributed by atoms with Crippen molar-refractivity contribution in [1.29, 1.82) is 0 Å². The lowest BCUT2D eigenvalue weighted by atomic mass is 10.1. The number of rotatable bonds is 2. The first kappa shape index (κ1) is 13.3. The average Bonchev–Trinajstić information content (AvgIpc) is 3.22. The summed E-state index contributed by atoms with van der Waals surface area (Å²) in [5, 5.41) is 0.766. The van der Waals surface area contributed by atoms with Crippen LogP contribution >= 0.6 is 23.4 Å². The molecule has 0 radical (unpaired) electrons. The van der Waals surface area contributed by atoms with Gasteiger partial charge in [0, 0.05) is 29.8 Å². The maximum absolute atomic E-state index is 12.5. The Bertz CT molecular complexity index is 471. The maximum atomic E-state index is 12.5. The van der Waals surface area contributed by atoms with Gasteiger partial charge >= 0.3 is 0 Å². The fourth-order valence-electron chi connectivity index (χ4n) is 2.77. The topological polar surface area (TPSA) is 20.3 Å². The molecule has 2 aliphatic rings. The van der Waals surface area contributed by atoms with Gasteiger partial charge in [-0.15, -0.1) is 0 Å². The highest BCUT2D eigenvalue weighted by atomic mass is 35.5. The SMILES string of the molecule is O=C([C@H]1C[C@H]1c1cccc(Cl)c1)N1CCCSCC1. The summed E-state index contributed by atoms with van der Waals surface area (Å²) in [4.78, 5) is 14.5. The summed E-state index contributed by atoms with van der Waals surface area (Å²) >= 11 is 7.97. The highest BCUT2D eigenvalue weighted by Crippen LogP contribution is 2.48. The molecule has 2 atom stereocenters. The molecule has 3 rings (SSSR count). The van der Waals surface area contributed by atoms with Crippen LogP contribution in [0.3, 0.4) is 0 Å². The van der Waals surface area contributed by atoms with Crippen molar-refractivity contribution in [2.24, 2.45) is 5.92 Å². The minimum Gasteiger partial charge on any atom is -0.342 e. The third-order valence-corrected chi connectivity index (χ3v) is 5.20. The lowest BCUT2D eigenvalue weighted by molar-refractivity contribution is -0.132. The van der Waals surface area contributed by atoms with Crippen molar-refractivity contribution in [1.82, 2.24) is 4.90 Å². The number of halogens is 1. The zero-order valence-corrected chi connectivity index (χ0v) is 12.4. The van der Waals surface area contributed by atoms with Crippen LogP contribution in [0.5, 0.6) is 0 Å². The van der Waals surface area contributed by atoms with Gasteiger partial charge in [-0.05, 0) is 42.2 Å². The van der Waals surface area contributed by atoms with Crippen LogP contribution in [0.15, 0.2) is 24.3 Å². The molecule has 0 N–H and O–H groups in total. The van der Waals surface area contributed by atoms with E-state index < -0.39 is 0 Å². The zero-order valence-electron chi connectivity index (χ0n) is 10.8. The average molecular weight is 296 g/mol. The monoisotopic (exact) mass is 295 g/mol. The second-order valence-corrected chi connectivity index (χ2v) is 6.96. The molecule has 1 aliphatic carbocycles. The van der Waals surface area contributed by atoms with Crippen LogP contribution in [0, 0.1) is 5.92 Å². The molecule has 1 aromatic rings. The van der Waals surface area contributed by atoms with Gasteiger partial charge in [-0.1, -0.05) is 23.7 Å². The van der Waals surface area contributed by atoms with E-state index in [-0.39, 0.29) is 5.92 Å². The molecule has 1 amide bonds. The molecule has 1 aromatic carbocycles. The Morgan fingerprint density at radius 3 is 3.05 bits per heavy atom. The lowest BCUT2D eigenvalue weighted by Crippen LogP contribution is -2.34. The molecule has 102 valence electrons. The molecule has 19 heavy (non-hydrogen) atoms. The maximum Gasteiger partial charge on any atom is 0.226 e. The summed E-state index contributed by atoms with van der Waals surface area (Å²) in [5.41, 5.74) is 1.22. The van der Waals surface area contributed by atoms with Gasteiger partial charge in [0.15, 0.2) is 0 Å². The Morgan fingerprint density at radius 1 is 1.32 bits per heavy atom. The van der Waals surface area contributed by atoms with Gasteiger partial charge in [-0.25, -0.2) is 0 Å². The van der Waals surface area contributed by atoms with Crippen LogP contribution in [0.2, 0.25) is 5.02 Å². The van der Waals surface area contributed by atoms with Crippen molar-refractivity contribution in [3.8, 4) is 0 Å². The number of thioether (sulfide) groups is 1. The first-order chi connectivity index (χ1) is 9.25. The van der Waals surface area contributed by atoms with E-state index in [1.165, 1.54) is 11.3 Å². The van der Waals surface area contributed by atoms with Crippen LogP contribution < -0.4 is 0 Å². The Hall–Kier alpha value is -0.670. The van der Waals surface area contributed by atoms with Crippen molar-refractivity contribution >= 4 is 29.3 Å². The van der Waals surface area contributed by atoms with Crippen molar-refractivity contribution in [3.63, 3.8) is 0 Å². The van der Waals surface area contributed by atoms with Crippen molar-refractivity contribution < 1.29 is 4.79 Å². The van der Waals surface area contributed by atoms with Gasteiger partial charge in [-0.2, -0.15) is 11.8 Å². The van der Waals surface area contributed by atoms with Crippen LogP contribution in [0.25, 0.3) is 0 Å². The standard InChI is InChI=1S/C15H18ClNOS/c16-12-4-1-3-11(9-12)13-10-14(13)15(18)17-5-2-7-19-8-6-17/h1,3-4,9,13-14H,2,5-8,10H2/t13-,14-/m0/s1. The van der Waals surface area contributed by atoms with E-state index in [1.54, 1.807) is 0 Å². The molecule has 0 aromatic heterocycles. The summed E-state index contributed by atoms with van der Waals surface area (Å²) in [5.74, 6) is 3.21. The van der Waals surface area contributed by atoms with Gasteiger partial charge in [-0.3, -0.25) is 4.79 Å². The van der Waals surface area contributed by atoms with Gasteiger partial charge in [0.2, 0.25) is 5.91 Å². The van der Waals surface area contributed by atoms with Gasteiger partial charge in [0.1, 0.15) is 0 Å². The summed E-state index contributed by atoms with van der Waals surface area (Å²) < 4.78 is 0. The van der Waals surface area contributed by atoms with Gasteiger partial charge in [0.25, 0.3) is 0 Å². The van der Waals surface area contributed by atoms with E-state index >= 15 is 0 Å². The molecule has 1 saturated carbocycles. The third kappa shape index (κ3) is 3.09. The number of carbonyl (C=O) groups is 1. The smallest absolute Gasteiger partial charge is 0.226 e. The number of carbonyl (C=O) groups excluding carboxylic acids is 1. The molecule has 2 nitrogen and oxygen atoms in total. The van der Waals surface area contributed by atoms with E-state index in [0.29, 0.717) is 11.8 Å². The molecule has 1 heterocycles. The minimum atomic E-state index is 0.196. The molecule has 4 heteroatoms. The fourth-order valence-corrected chi connectivity index (χ4v) is 3.86. The highest BCUT2D eigenvalue weighted by molar-refractivity contribution is 7.99. The van der Waals surface area contributed by atoms with E-state index in [9.17, 15) is 4.79 Å². The molecule has 2 fully saturated rings. The normalized spacial score (nSPS) is 26.9. The van der Waals surface area contributed by atoms with E-state index in [0.717, 1.165) is 36.7 Å². The molecule has 1 aliphatic heterocycles. The minimum absolute atomic E-state index is 0.196. The molecule has 0 spiro atoms. The van der Waals surface area contributed by atoms with Crippen molar-refractivity contribution in [2.45, 2.75) is 18.8 Å². The Balaban J connectivity index is 1.64. The molecule has 1 saturated heterocycles. The fraction of sp³-hybridized carbons (Fsp3) is 0.533. The highest BCUT2D eigenvalue weighted by Gasteiger charge is 2.45. The Kier molecular flexibility index (Phi) is 4.04. The van der Waals surface area contributed by atoms with E-state index in [4.69, 9.17) is 11.6 Å².